The smallest absolute Gasteiger partial charge is 0.222 e. The van der Waals surface area contributed by atoms with Crippen molar-refractivity contribution in [2.45, 2.75) is 18.9 Å². The minimum absolute atomic E-state index is 0.224. The monoisotopic (exact) mass is 168 g/mol. The zero-order chi connectivity index (χ0) is 8.97. The Hall–Kier alpha value is -0.830. The van der Waals surface area contributed by atoms with E-state index >= 15 is 0 Å². The fraction of sp³-hybridized carbons (Fsp3) is 0.667. The molecule has 0 unspecified atom stereocenters. The molecule has 1 N–H and O–H groups in total. The maximum Gasteiger partial charge on any atom is 0.222 e. The van der Waals surface area contributed by atoms with Crippen LogP contribution in [0.4, 0.5) is 0 Å². The van der Waals surface area contributed by atoms with Crippen LogP contribution >= 0.6 is 0 Å². The summed E-state index contributed by atoms with van der Waals surface area (Å²) in [7, 11) is 1.87. The average molecular weight is 168 g/mol. The van der Waals surface area contributed by atoms with Gasteiger partial charge >= 0.3 is 0 Å². The molecule has 3 nitrogen and oxygen atoms in total. The van der Waals surface area contributed by atoms with Crippen molar-refractivity contribution in [3.8, 4) is 0 Å². The SMILES string of the molecule is C=CCCC(=O)N(C)C1CNC1. The summed E-state index contributed by atoms with van der Waals surface area (Å²) in [6.07, 6.45) is 3.16. The molecule has 68 valence electrons. The number of amides is 1. The molecule has 0 spiro atoms. The topological polar surface area (TPSA) is 32.3 Å². The molecule has 1 rings (SSSR count). The standard InChI is InChI=1S/C9H16N2O/c1-3-4-5-9(12)11(2)8-6-10-7-8/h3,8,10H,1,4-7H2,2H3. The highest BCUT2D eigenvalue weighted by Crippen LogP contribution is 2.05. The summed E-state index contributed by atoms with van der Waals surface area (Å²) in [6, 6.07) is 0.419. The van der Waals surface area contributed by atoms with Gasteiger partial charge in [-0.15, -0.1) is 6.58 Å². The molecule has 1 amide bonds. The summed E-state index contributed by atoms with van der Waals surface area (Å²) in [5, 5.41) is 3.14. The third-order valence-electron chi connectivity index (χ3n) is 2.26. The molecule has 0 bridgehead atoms. The Balaban J connectivity index is 2.24. The summed E-state index contributed by atoms with van der Waals surface area (Å²) in [5.41, 5.74) is 0. The number of hydrogen-bond acceptors (Lipinski definition) is 2. The number of rotatable bonds is 4. The summed E-state index contributed by atoms with van der Waals surface area (Å²) >= 11 is 0. The lowest BCUT2D eigenvalue weighted by Crippen LogP contribution is -2.57. The number of likely N-dealkylation sites (N-methyl/N-ethyl adjacent to an activating group) is 1. The van der Waals surface area contributed by atoms with E-state index in [1.165, 1.54) is 0 Å². The molecule has 0 aromatic heterocycles. The van der Waals surface area contributed by atoms with Crippen LogP contribution < -0.4 is 5.32 Å². The van der Waals surface area contributed by atoms with Gasteiger partial charge in [-0.1, -0.05) is 6.08 Å². The molecule has 0 aliphatic carbocycles. The van der Waals surface area contributed by atoms with Gasteiger partial charge in [0.15, 0.2) is 0 Å². The minimum Gasteiger partial charge on any atom is -0.340 e. The van der Waals surface area contributed by atoms with Crippen LogP contribution in [0, 0.1) is 0 Å². The van der Waals surface area contributed by atoms with Crippen LogP contribution in [-0.2, 0) is 4.79 Å². The zero-order valence-electron chi connectivity index (χ0n) is 7.55. The first-order valence-electron chi connectivity index (χ1n) is 4.33. The van der Waals surface area contributed by atoms with Gasteiger partial charge in [-0.2, -0.15) is 0 Å². The molecule has 1 aliphatic heterocycles. The van der Waals surface area contributed by atoms with Crippen LogP contribution in [0.15, 0.2) is 12.7 Å². The van der Waals surface area contributed by atoms with E-state index in [9.17, 15) is 4.79 Å². The lowest BCUT2D eigenvalue weighted by atomic mass is 10.1. The molecule has 3 heteroatoms. The average Bonchev–Trinajstić information content (AvgIpc) is 1.96. The Morgan fingerprint density at radius 1 is 1.75 bits per heavy atom. The van der Waals surface area contributed by atoms with Crippen molar-refractivity contribution < 1.29 is 4.79 Å². The molecule has 0 radical (unpaired) electrons. The van der Waals surface area contributed by atoms with Gasteiger partial charge in [0.25, 0.3) is 0 Å². The Labute approximate surface area is 73.4 Å². The first-order chi connectivity index (χ1) is 5.75. The van der Waals surface area contributed by atoms with Crippen LogP contribution in [0.3, 0.4) is 0 Å². The maximum absolute atomic E-state index is 11.4. The Morgan fingerprint density at radius 2 is 2.42 bits per heavy atom. The van der Waals surface area contributed by atoms with Crippen molar-refractivity contribution in [3.63, 3.8) is 0 Å². The van der Waals surface area contributed by atoms with E-state index in [2.05, 4.69) is 11.9 Å². The second-order valence-corrected chi connectivity index (χ2v) is 3.14. The number of nitrogens with one attached hydrogen (secondary N) is 1. The molecule has 12 heavy (non-hydrogen) atoms. The molecule has 0 atom stereocenters. The van der Waals surface area contributed by atoms with Crippen LogP contribution in [0.25, 0.3) is 0 Å². The third-order valence-corrected chi connectivity index (χ3v) is 2.26. The fourth-order valence-corrected chi connectivity index (χ4v) is 1.15. The van der Waals surface area contributed by atoms with Gasteiger partial charge in [-0.25, -0.2) is 0 Å². The number of nitrogens with zero attached hydrogens (tertiary/aromatic N) is 1. The molecule has 1 aliphatic rings. The summed E-state index contributed by atoms with van der Waals surface area (Å²) in [4.78, 5) is 13.2. The largest absolute Gasteiger partial charge is 0.340 e. The van der Waals surface area contributed by atoms with E-state index in [0.29, 0.717) is 12.5 Å². The van der Waals surface area contributed by atoms with Crippen LogP contribution in [0.5, 0.6) is 0 Å². The number of hydrogen-bond donors (Lipinski definition) is 1. The molecule has 0 aromatic carbocycles. The second-order valence-electron chi connectivity index (χ2n) is 3.14. The van der Waals surface area contributed by atoms with Crippen LogP contribution in [0.2, 0.25) is 0 Å². The molecule has 0 aromatic rings. The Bertz CT molecular complexity index is 175. The van der Waals surface area contributed by atoms with Gasteiger partial charge in [-0.3, -0.25) is 4.79 Å². The lowest BCUT2D eigenvalue weighted by molar-refractivity contribution is -0.132. The predicted octanol–water partition coefficient (Wildman–Crippen LogP) is 0.383. The molecule has 0 saturated carbocycles. The molecule has 1 heterocycles. The highest BCUT2D eigenvalue weighted by atomic mass is 16.2. The Kier molecular flexibility index (Phi) is 3.29. The van der Waals surface area contributed by atoms with E-state index in [-0.39, 0.29) is 5.91 Å². The normalized spacial score (nSPS) is 16.8. The summed E-state index contributed by atoms with van der Waals surface area (Å²) < 4.78 is 0. The highest BCUT2D eigenvalue weighted by molar-refractivity contribution is 5.76. The summed E-state index contributed by atoms with van der Waals surface area (Å²) in [6.45, 7) is 5.47. The van der Waals surface area contributed by atoms with Crippen molar-refractivity contribution in [1.82, 2.24) is 10.2 Å². The number of carbonyl (C=O) groups is 1. The third kappa shape index (κ3) is 2.08. The van der Waals surface area contributed by atoms with Gasteiger partial charge < -0.3 is 10.2 Å². The first-order valence-corrected chi connectivity index (χ1v) is 4.33. The van der Waals surface area contributed by atoms with Gasteiger partial charge in [0.2, 0.25) is 5.91 Å². The molecule has 1 saturated heterocycles. The van der Waals surface area contributed by atoms with Gasteiger partial charge in [0, 0.05) is 26.6 Å². The molecular weight excluding hydrogens is 152 g/mol. The van der Waals surface area contributed by atoms with Crippen molar-refractivity contribution in [1.29, 1.82) is 0 Å². The quantitative estimate of drug-likeness (QED) is 0.616. The van der Waals surface area contributed by atoms with Crippen LogP contribution in [-0.4, -0.2) is 37.0 Å². The first kappa shape index (κ1) is 9.26. The number of allylic oxidation sites excluding steroid dienone is 1. The zero-order valence-corrected chi connectivity index (χ0v) is 7.55. The Morgan fingerprint density at radius 3 is 2.83 bits per heavy atom. The van der Waals surface area contributed by atoms with Crippen molar-refractivity contribution in [2.24, 2.45) is 0 Å². The van der Waals surface area contributed by atoms with Gasteiger partial charge in [-0.05, 0) is 6.42 Å². The van der Waals surface area contributed by atoms with Crippen LogP contribution in [0.1, 0.15) is 12.8 Å². The second kappa shape index (κ2) is 4.26. The van der Waals surface area contributed by atoms with Crippen molar-refractivity contribution >= 4 is 5.91 Å². The van der Waals surface area contributed by atoms with Crippen molar-refractivity contribution in [2.75, 3.05) is 20.1 Å². The minimum atomic E-state index is 0.224. The maximum atomic E-state index is 11.4. The van der Waals surface area contributed by atoms with E-state index in [1.54, 1.807) is 6.08 Å². The molecular formula is C9H16N2O. The van der Waals surface area contributed by atoms with Crippen molar-refractivity contribution in [3.05, 3.63) is 12.7 Å². The predicted molar refractivity (Wildman–Crippen MR) is 48.9 cm³/mol. The fourth-order valence-electron chi connectivity index (χ4n) is 1.15. The van der Waals surface area contributed by atoms with E-state index in [4.69, 9.17) is 0 Å². The lowest BCUT2D eigenvalue weighted by Gasteiger charge is -2.35. The van der Waals surface area contributed by atoms with Gasteiger partial charge in [0.1, 0.15) is 0 Å². The van der Waals surface area contributed by atoms with E-state index in [0.717, 1.165) is 19.5 Å². The highest BCUT2D eigenvalue weighted by Gasteiger charge is 2.24. The molecule has 1 fully saturated rings. The van der Waals surface area contributed by atoms with E-state index in [1.807, 2.05) is 11.9 Å². The number of carbonyl (C=O) groups excluding carboxylic acids is 1. The van der Waals surface area contributed by atoms with Gasteiger partial charge in [0.05, 0.1) is 6.04 Å². The summed E-state index contributed by atoms with van der Waals surface area (Å²) in [5.74, 6) is 0.224. The van der Waals surface area contributed by atoms with E-state index < -0.39 is 0 Å².